The first kappa shape index (κ1) is 78.0. The lowest BCUT2D eigenvalue weighted by Crippen LogP contribution is -2.49. The number of carbonyl (C=O) groups excluding carboxylic acids is 3. The highest BCUT2D eigenvalue weighted by Gasteiger charge is 2.37. The van der Waals surface area contributed by atoms with E-state index in [1.165, 1.54) is 31.6 Å². The monoisotopic (exact) mass is 1470 g/mol. The van der Waals surface area contributed by atoms with Crippen LogP contribution in [0, 0.1) is 0 Å². The lowest BCUT2D eigenvalue weighted by atomic mass is 9.77. The van der Waals surface area contributed by atoms with Gasteiger partial charge in [-0.15, -0.1) is 0 Å². The van der Waals surface area contributed by atoms with Crippen LogP contribution in [0.15, 0.2) is 225 Å². The van der Waals surface area contributed by atoms with Gasteiger partial charge in [0.2, 0.25) is 5.91 Å². The number of aliphatic hydroxyl groups is 1. The molecule has 109 heavy (non-hydrogen) atoms. The van der Waals surface area contributed by atoms with E-state index in [4.69, 9.17) is 41.3 Å². The molecule has 0 saturated heterocycles. The third-order valence-corrected chi connectivity index (χ3v) is 20.3. The first-order valence-electron chi connectivity index (χ1n) is 37.1. The molecule has 6 aromatic heterocycles. The molecule has 3 aliphatic carbocycles. The Kier molecular flexibility index (Phi) is 26.8. The quantitative estimate of drug-likeness (QED) is 0.0292. The normalized spacial score (nSPS) is 16.6. The van der Waals surface area contributed by atoms with Gasteiger partial charge in [0.15, 0.2) is 5.78 Å². The maximum absolute atomic E-state index is 12.1. The van der Waals surface area contributed by atoms with Gasteiger partial charge in [-0.05, 0) is 194 Å². The van der Waals surface area contributed by atoms with Crippen LogP contribution in [0.25, 0.3) is 66.5 Å². The van der Waals surface area contributed by atoms with Gasteiger partial charge in [-0.2, -0.15) is 0 Å². The fourth-order valence-electron chi connectivity index (χ4n) is 14.6. The van der Waals surface area contributed by atoms with Crippen molar-refractivity contribution in [2.24, 2.45) is 5.73 Å². The van der Waals surface area contributed by atoms with Crippen LogP contribution in [-0.2, 0) is 19.1 Å². The van der Waals surface area contributed by atoms with E-state index in [2.05, 4.69) is 78.6 Å². The molecule has 564 valence electrons. The Morgan fingerprint density at radius 3 is 1.10 bits per heavy atom. The van der Waals surface area contributed by atoms with Crippen LogP contribution in [0.5, 0.6) is 34.5 Å². The van der Waals surface area contributed by atoms with Gasteiger partial charge in [-0.25, -0.2) is 34.7 Å². The number of benzene rings is 6. The van der Waals surface area contributed by atoms with E-state index in [1.807, 2.05) is 191 Å². The van der Waals surface area contributed by atoms with Gasteiger partial charge in [0.25, 0.3) is 0 Å². The molecule has 0 unspecified atom stereocenters. The zero-order valence-corrected chi connectivity index (χ0v) is 62.7. The summed E-state index contributed by atoms with van der Waals surface area (Å²) in [7, 11) is 6.14. The van der Waals surface area contributed by atoms with E-state index < -0.39 is 0 Å². The predicted molar refractivity (Wildman–Crippen MR) is 431 cm³/mol. The van der Waals surface area contributed by atoms with Gasteiger partial charge in [-0.1, -0.05) is 109 Å². The molecular formula is C86H97N15O8. The number of nitrogens with one attached hydrogen (secondary N) is 2. The summed E-state index contributed by atoms with van der Waals surface area (Å²) in [6.45, 7) is 4.12. The van der Waals surface area contributed by atoms with Crippen LogP contribution in [-0.4, -0.2) is 107 Å². The second-order valence-corrected chi connectivity index (χ2v) is 26.8. The summed E-state index contributed by atoms with van der Waals surface area (Å²) in [4.78, 5) is 62.3. The number of rotatable bonds is 19. The number of para-hydroxylation sites is 3. The number of nitrogens with zero attached hydrogens (tertiary/aromatic N) is 9. The van der Waals surface area contributed by atoms with Crippen LogP contribution in [0.3, 0.4) is 0 Å². The van der Waals surface area contributed by atoms with Gasteiger partial charge in [0, 0.05) is 92.0 Å². The number of ether oxygens (including phenoxy) is 4. The average molecular weight is 1470 g/mol. The van der Waals surface area contributed by atoms with Crippen molar-refractivity contribution in [2.75, 3.05) is 52.1 Å². The lowest BCUT2D eigenvalue weighted by Gasteiger charge is -2.40. The first-order valence-corrected chi connectivity index (χ1v) is 37.1. The van der Waals surface area contributed by atoms with Crippen molar-refractivity contribution in [1.82, 2.24) is 54.2 Å². The molecule has 12 aromatic rings. The molecule has 0 spiro atoms. The number of carbonyl (C=O) groups is 3. The number of nitrogen functional groups attached to an aromatic ring is 3. The molecular weight excluding hydrogens is 1370 g/mol. The molecule has 11 N–H and O–H groups in total. The summed E-state index contributed by atoms with van der Waals surface area (Å²) in [5.74, 6) is 6.14. The highest BCUT2D eigenvalue weighted by Crippen LogP contribution is 2.45. The average Bonchev–Trinajstić information content (AvgIpc) is 1.63. The molecule has 6 aromatic carbocycles. The fourth-order valence-corrected chi connectivity index (χ4v) is 14.6. The fraction of sp³-hybridized carbons (Fsp3) is 0.291. The SMILES string of the molecule is CCC(=O)C=C1CCC(n2cc(-c3ccc(Oc4ccccc4)cc3)c3c(N)ncnc32)CC1.CCOC(=O)C=C1CCC(n2cc(-c3ccc(Oc4ccccc4)cc3)c3c(N)ncnc32)CC1.CN.CNC(=O)CC1(NC)CCC(n2cc(-c3ccc(Oc4ccccc4)cc3)c3c(N)ncnc32)CC1.CO. The van der Waals surface area contributed by atoms with Gasteiger partial charge < -0.3 is 71.3 Å². The lowest BCUT2D eigenvalue weighted by molar-refractivity contribution is -0.137. The number of esters is 1. The Morgan fingerprint density at radius 1 is 0.468 bits per heavy atom. The van der Waals surface area contributed by atoms with Crippen LogP contribution in [0.4, 0.5) is 17.5 Å². The Balaban J connectivity index is 0.000000159. The zero-order chi connectivity index (χ0) is 76.8. The minimum absolute atomic E-state index is 0.0664. The molecule has 1 amide bonds. The van der Waals surface area contributed by atoms with E-state index in [1.54, 1.807) is 13.1 Å². The van der Waals surface area contributed by atoms with Gasteiger partial charge in [0.1, 0.15) is 87.9 Å². The van der Waals surface area contributed by atoms with Crippen molar-refractivity contribution in [1.29, 1.82) is 0 Å². The number of fused-ring (bicyclic) bond motifs is 3. The minimum atomic E-state index is -0.255. The molecule has 23 heteroatoms. The van der Waals surface area contributed by atoms with Crippen LogP contribution < -0.4 is 47.8 Å². The largest absolute Gasteiger partial charge is 0.463 e. The first-order chi connectivity index (χ1) is 53.3. The number of aliphatic hydroxyl groups excluding tert-OH is 1. The van der Waals surface area contributed by atoms with Crippen molar-refractivity contribution in [3.8, 4) is 67.9 Å². The van der Waals surface area contributed by atoms with E-state index in [9.17, 15) is 14.4 Å². The summed E-state index contributed by atoms with van der Waals surface area (Å²) < 4.78 is 29.6. The van der Waals surface area contributed by atoms with E-state index in [0.29, 0.717) is 42.9 Å². The summed E-state index contributed by atoms with van der Waals surface area (Å²) in [5.41, 5.74) is 34.4. The number of anilines is 3. The highest BCUT2D eigenvalue weighted by atomic mass is 16.5. The van der Waals surface area contributed by atoms with E-state index >= 15 is 0 Å². The van der Waals surface area contributed by atoms with Crippen molar-refractivity contribution < 1.29 is 38.4 Å². The minimum Gasteiger partial charge on any atom is -0.463 e. The summed E-state index contributed by atoms with van der Waals surface area (Å²) in [6, 6.07) is 54.0. The van der Waals surface area contributed by atoms with Crippen molar-refractivity contribution in [2.45, 2.75) is 127 Å². The molecule has 23 nitrogen and oxygen atoms in total. The number of amides is 1. The predicted octanol–water partition coefficient (Wildman–Crippen LogP) is 16.4. The molecule has 0 bridgehead atoms. The topological polar surface area (TPSA) is 329 Å². The third kappa shape index (κ3) is 19.0. The standard InChI is InChI=1S/C28H32N6O2.C28H28N4O3.C28H28N4O2.CH5N.CH4O/c1-30-24(35)16-28(31-2)14-12-20(13-15-28)34-17-23(25-26(29)32-18-33-27(25)34)19-8-10-22(11-9-19)36-21-6-4-3-5-7-21;1-2-34-25(33)16-19-8-12-21(13-9-19)32-17-24(26-27(29)30-18-31-28(26)32)20-10-14-23(15-11-20)35-22-6-4-3-5-7-22;1-2-22(33)16-19-8-12-21(13-9-19)32-17-25(26-27(29)30-18-31-28(26)32)20-10-14-24(15-11-20)34-23-6-4-3-5-7-23;2*1-2/h3-11,17-18,20,31H,12-16H2,1-2H3,(H,30,35)(H2,29,32,33);3-7,10-11,14-18,21H,2,8-9,12-13H2,1H3,(H2,29,30,31);3-7,10-11,14-18,21H,2,8-9,12-13H2,1H3,(H2,29,30,31);2H2,1H3;2H,1H3. The van der Waals surface area contributed by atoms with Crippen molar-refractivity contribution in [3.63, 3.8) is 0 Å². The summed E-state index contributed by atoms with van der Waals surface area (Å²) in [6.07, 6.45) is 26.6. The van der Waals surface area contributed by atoms with E-state index in [-0.39, 0.29) is 35.3 Å². The van der Waals surface area contributed by atoms with Gasteiger partial charge >= 0.3 is 5.97 Å². The second kappa shape index (κ2) is 37.5. The maximum atomic E-state index is 12.1. The van der Waals surface area contributed by atoms with Crippen LogP contribution in [0.1, 0.15) is 122 Å². The smallest absolute Gasteiger partial charge is 0.330 e. The molecule has 3 saturated carbocycles. The Bertz CT molecular complexity index is 5040. The number of aromatic nitrogens is 9. The molecule has 3 fully saturated rings. The highest BCUT2D eigenvalue weighted by molar-refractivity contribution is 6.03. The maximum Gasteiger partial charge on any atom is 0.330 e. The van der Waals surface area contributed by atoms with Crippen LogP contribution in [0.2, 0.25) is 0 Å². The zero-order valence-electron chi connectivity index (χ0n) is 62.7. The number of allylic oxidation sites excluding steroid dienone is 3. The van der Waals surface area contributed by atoms with Crippen molar-refractivity contribution >= 4 is 68.2 Å². The third-order valence-electron chi connectivity index (χ3n) is 20.3. The van der Waals surface area contributed by atoms with Gasteiger partial charge in [-0.3, -0.25) is 9.59 Å². The number of hydrogen-bond donors (Lipinski definition) is 7. The number of ketones is 1. The molecule has 0 atom stereocenters. The molecule has 15 rings (SSSR count). The summed E-state index contributed by atoms with van der Waals surface area (Å²) >= 11 is 0. The number of nitrogens with two attached hydrogens (primary N) is 4. The van der Waals surface area contributed by atoms with Crippen molar-refractivity contribution in [3.05, 3.63) is 225 Å². The molecule has 0 aliphatic heterocycles. The molecule has 0 radical (unpaired) electrons. The van der Waals surface area contributed by atoms with Gasteiger partial charge in [0.05, 0.1) is 22.8 Å². The Labute approximate surface area is 635 Å². The number of hydrogen-bond acceptors (Lipinski definition) is 19. The Hall–Kier alpha value is -12.1. The van der Waals surface area contributed by atoms with E-state index in [0.717, 1.165) is 191 Å². The molecule has 6 heterocycles. The Morgan fingerprint density at radius 2 is 0.789 bits per heavy atom. The summed E-state index contributed by atoms with van der Waals surface area (Å²) in [5, 5.41) is 15.8. The molecule has 3 aliphatic rings. The second-order valence-electron chi connectivity index (χ2n) is 26.8. The van der Waals surface area contributed by atoms with Crippen LogP contribution >= 0.6 is 0 Å².